The van der Waals surface area contributed by atoms with Crippen LogP contribution in [0.5, 0.6) is 5.75 Å². The summed E-state index contributed by atoms with van der Waals surface area (Å²) < 4.78 is 19.1. The Morgan fingerprint density at radius 3 is 2.73 bits per heavy atom. The Morgan fingerprint density at radius 2 is 2.05 bits per heavy atom. The maximum atomic E-state index is 13.1. The summed E-state index contributed by atoms with van der Waals surface area (Å²) in [6.45, 7) is 1.82. The molecule has 2 aromatic rings. The van der Waals surface area contributed by atoms with Crippen molar-refractivity contribution in [2.75, 3.05) is 6.54 Å². The predicted molar refractivity (Wildman–Crippen MR) is 76.6 cm³/mol. The van der Waals surface area contributed by atoms with Gasteiger partial charge in [-0.05, 0) is 19.1 Å². The van der Waals surface area contributed by atoms with Crippen LogP contribution in [0.4, 0.5) is 9.18 Å². The monoisotopic (exact) mass is 307 g/mol. The molecule has 0 aliphatic rings. The maximum Gasteiger partial charge on any atom is 0.336 e. The number of amides is 1. The molecule has 7 nitrogen and oxygen atoms in total. The first-order chi connectivity index (χ1) is 10.5. The van der Waals surface area contributed by atoms with Gasteiger partial charge < -0.3 is 10.1 Å². The van der Waals surface area contributed by atoms with Gasteiger partial charge >= 0.3 is 11.7 Å². The van der Waals surface area contributed by atoms with Gasteiger partial charge in [0.05, 0.1) is 12.7 Å². The van der Waals surface area contributed by atoms with Gasteiger partial charge in [0, 0.05) is 0 Å². The van der Waals surface area contributed by atoms with E-state index in [2.05, 4.69) is 5.32 Å². The molecule has 0 fully saturated rings. The summed E-state index contributed by atoms with van der Waals surface area (Å²) in [5, 5.41) is 2.42. The molecule has 1 aromatic carbocycles. The van der Waals surface area contributed by atoms with Crippen molar-refractivity contribution in [3.05, 3.63) is 63.2 Å². The standard InChI is InChI=1S/C14H14FN3O4/c1-9(22-10-5-3-2-4-6-10)7-16-13(20)18-8-11(15)12(19)17-14(18)21/h2-6,8-9H,7H2,1H3,(H,16,20)(H,17,19,21). The number of H-pyrrole nitrogens is 1. The van der Waals surface area contributed by atoms with Crippen LogP contribution in [0.15, 0.2) is 46.1 Å². The van der Waals surface area contributed by atoms with Crippen LogP contribution in [-0.2, 0) is 0 Å². The normalized spacial score (nSPS) is 11.7. The molecule has 0 bridgehead atoms. The van der Waals surface area contributed by atoms with Gasteiger partial charge in [-0.25, -0.2) is 14.2 Å². The number of aromatic nitrogens is 2. The number of carbonyl (C=O) groups excluding carboxylic acids is 1. The minimum atomic E-state index is -1.22. The van der Waals surface area contributed by atoms with Crippen molar-refractivity contribution in [1.29, 1.82) is 0 Å². The predicted octanol–water partition coefficient (Wildman–Crippen LogP) is 0.701. The van der Waals surface area contributed by atoms with Gasteiger partial charge in [-0.2, -0.15) is 4.39 Å². The molecular formula is C14H14FN3O4. The van der Waals surface area contributed by atoms with Crippen LogP contribution in [0.1, 0.15) is 6.92 Å². The quantitative estimate of drug-likeness (QED) is 0.869. The minimum absolute atomic E-state index is 0.0981. The molecule has 0 radical (unpaired) electrons. The number of halogens is 1. The number of aromatic amines is 1. The van der Waals surface area contributed by atoms with E-state index in [-0.39, 0.29) is 12.6 Å². The highest BCUT2D eigenvalue weighted by molar-refractivity contribution is 5.76. The number of ether oxygens (including phenoxy) is 1. The van der Waals surface area contributed by atoms with Crippen molar-refractivity contribution in [1.82, 2.24) is 14.9 Å². The Hall–Kier alpha value is -2.90. The van der Waals surface area contributed by atoms with Crippen LogP contribution in [0, 0.1) is 5.82 Å². The van der Waals surface area contributed by atoms with Gasteiger partial charge in [-0.3, -0.25) is 9.78 Å². The molecule has 1 heterocycles. The van der Waals surface area contributed by atoms with E-state index in [1.165, 1.54) is 0 Å². The smallest absolute Gasteiger partial charge is 0.336 e. The molecule has 0 spiro atoms. The first-order valence-electron chi connectivity index (χ1n) is 6.49. The van der Waals surface area contributed by atoms with E-state index in [9.17, 15) is 18.8 Å². The molecule has 2 rings (SSSR count). The number of rotatable bonds is 4. The fourth-order valence-corrected chi connectivity index (χ4v) is 1.69. The lowest BCUT2D eigenvalue weighted by Crippen LogP contribution is -2.43. The van der Waals surface area contributed by atoms with E-state index in [0.29, 0.717) is 16.5 Å². The van der Waals surface area contributed by atoms with Gasteiger partial charge in [0.1, 0.15) is 11.9 Å². The molecule has 0 aliphatic carbocycles. The Balaban J connectivity index is 1.97. The summed E-state index contributed by atoms with van der Waals surface area (Å²) >= 11 is 0. The van der Waals surface area contributed by atoms with E-state index >= 15 is 0 Å². The molecule has 1 atom stereocenters. The highest BCUT2D eigenvalue weighted by Crippen LogP contribution is 2.10. The third kappa shape index (κ3) is 3.81. The van der Waals surface area contributed by atoms with Crippen LogP contribution in [0.2, 0.25) is 0 Å². The first kappa shape index (κ1) is 15.5. The van der Waals surface area contributed by atoms with Crippen molar-refractivity contribution in [3.63, 3.8) is 0 Å². The van der Waals surface area contributed by atoms with Crippen LogP contribution in [0.3, 0.4) is 0 Å². The fraction of sp³-hybridized carbons (Fsp3) is 0.214. The lowest BCUT2D eigenvalue weighted by Gasteiger charge is -2.15. The van der Waals surface area contributed by atoms with Crippen LogP contribution in [-0.4, -0.2) is 28.2 Å². The fourth-order valence-electron chi connectivity index (χ4n) is 1.69. The number of hydrogen-bond donors (Lipinski definition) is 2. The van der Waals surface area contributed by atoms with E-state index in [1.807, 2.05) is 18.2 Å². The largest absolute Gasteiger partial charge is 0.489 e. The summed E-state index contributed by atoms with van der Waals surface area (Å²) in [6, 6.07) is 8.13. The van der Waals surface area contributed by atoms with Crippen LogP contribution in [0.25, 0.3) is 0 Å². The summed E-state index contributed by atoms with van der Waals surface area (Å²) in [5.41, 5.74) is -2.18. The average Bonchev–Trinajstić information content (AvgIpc) is 2.49. The lowest BCUT2D eigenvalue weighted by atomic mass is 10.3. The number of nitrogens with one attached hydrogen (secondary N) is 2. The Bertz CT molecular complexity index is 770. The molecule has 116 valence electrons. The molecule has 2 N–H and O–H groups in total. The van der Waals surface area contributed by atoms with Gasteiger partial charge in [0.2, 0.25) is 5.82 Å². The van der Waals surface area contributed by atoms with Crippen molar-refractivity contribution in [2.45, 2.75) is 13.0 Å². The number of para-hydroxylation sites is 1. The second-order valence-corrected chi connectivity index (χ2v) is 4.53. The minimum Gasteiger partial charge on any atom is -0.489 e. The van der Waals surface area contributed by atoms with Gasteiger partial charge in [0.15, 0.2) is 0 Å². The molecule has 0 saturated carbocycles. The van der Waals surface area contributed by atoms with Gasteiger partial charge in [-0.15, -0.1) is 0 Å². The third-order valence-electron chi connectivity index (χ3n) is 2.74. The highest BCUT2D eigenvalue weighted by atomic mass is 19.1. The Labute approximate surface area is 124 Å². The molecule has 0 aliphatic heterocycles. The van der Waals surface area contributed by atoms with Gasteiger partial charge in [-0.1, -0.05) is 18.2 Å². The number of benzene rings is 1. The van der Waals surface area contributed by atoms with E-state index < -0.39 is 23.1 Å². The highest BCUT2D eigenvalue weighted by Gasteiger charge is 2.12. The SMILES string of the molecule is CC(CNC(=O)n1cc(F)c(=O)[nH]c1=O)Oc1ccccc1. The van der Waals surface area contributed by atoms with E-state index in [1.54, 1.807) is 24.0 Å². The number of hydrogen-bond acceptors (Lipinski definition) is 4. The summed E-state index contributed by atoms with van der Waals surface area (Å²) in [7, 11) is 0. The summed E-state index contributed by atoms with van der Waals surface area (Å²) in [5.74, 6) is -0.583. The topological polar surface area (TPSA) is 93.2 Å². The maximum absolute atomic E-state index is 13.1. The summed E-state index contributed by atoms with van der Waals surface area (Å²) in [6.07, 6.45) is 0.175. The van der Waals surface area contributed by atoms with Crippen molar-refractivity contribution in [2.24, 2.45) is 0 Å². The molecule has 22 heavy (non-hydrogen) atoms. The van der Waals surface area contributed by atoms with E-state index in [0.717, 1.165) is 0 Å². The average molecular weight is 307 g/mol. The third-order valence-corrected chi connectivity index (χ3v) is 2.74. The zero-order chi connectivity index (χ0) is 16.1. The second-order valence-electron chi connectivity index (χ2n) is 4.53. The molecular weight excluding hydrogens is 293 g/mol. The first-order valence-corrected chi connectivity index (χ1v) is 6.49. The summed E-state index contributed by atoms with van der Waals surface area (Å²) in [4.78, 5) is 35.8. The van der Waals surface area contributed by atoms with Crippen molar-refractivity contribution >= 4 is 6.03 Å². The zero-order valence-electron chi connectivity index (χ0n) is 11.7. The number of carbonyl (C=O) groups is 1. The molecule has 1 aromatic heterocycles. The lowest BCUT2D eigenvalue weighted by molar-refractivity contribution is 0.207. The second kappa shape index (κ2) is 6.70. The Morgan fingerprint density at radius 1 is 1.36 bits per heavy atom. The molecule has 8 heteroatoms. The number of nitrogens with zero attached hydrogens (tertiary/aromatic N) is 1. The molecule has 1 unspecified atom stereocenters. The van der Waals surface area contributed by atoms with Gasteiger partial charge in [0.25, 0.3) is 5.56 Å². The molecule has 1 amide bonds. The molecule has 0 saturated heterocycles. The van der Waals surface area contributed by atoms with Crippen LogP contribution < -0.4 is 21.3 Å². The van der Waals surface area contributed by atoms with Crippen LogP contribution >= 0.6 is 0 Å². The van der Waals surface area contributed by atoms with Crippen molar-refractivity contribution < 1.29 is 13.9 Å². The zero-order valence-corrected chi connectivity index (χ0v) is 11.7. The van der Waals surface area contributed by atoms with Crippen molar-refractivity contribution in [3.8, 4) is 5.75 Å². The van der Waals surface area contributed by atoms with E-state index in [4.69, 9.17) is 4.74 Å². The Kier molecular flexibility index (Phi) is 4.72.